The first kappa shape index (κ1) is 42.7. The molecule has 0 aromatic heterocycles. The van der Waals surface area contributed by atoms with Gasteiger partial charge in [0.15, 0.2) is 0 Å². The highest BCUT2D eigenvalue weighted by Gasteiger charge is 2.35. The number of likely N-dealkylation sites (tertiary alicyclic amines) is 1. The van der Waals surface area contributed by atoms with Crippen LogP contribution in [0, 0.1) is 0 Å². The summed E-state index contributed by atoms with van der Waals surface area (Å²) in [5.74, 6) is -1.15. The Balaban J connectivity index is 1.10. The summed E-state index contributed by atoms with van der Waals surface area (Å²) in [7, 11) is -0.743. The Hall–Kier alpha value is -5.38. The summed E-state index contributed by atoms with van der Waals surface area (Å²) in [5.41, 5.74) is 3.53. The van der Waals surface area contributed by atoms with Gasteiger partial charge in [-0.3, -0.25) is 38.0 Å². The third kappa shape index (κ3) is 11.9. The maximum absolute atomic E-state index is 14.4. The molecule has 5 atom stereocenters. The van der Waals surface area contributed by atoms with E-state index in [-0.39, 0.29) is 32.0 Å². The Morgan fingerprint density at radius 3 is 2.13 bits per heavy atom. The van der Waals surface area contributed by atoms with Gasteiger partial charge in [-0.1, -0.05) is 91.0 Å². The van der Waals surface area contributed by atoms with E-state index < -0.39 is 70.9 Å². The van der Waals surface area contributed by atoms with E-state index in [0.717, 1.165) is 48.2 Å². The van der Waals surface area contributed by atoms with Gasteiger partial charge in [0.2, 0.25) is 29.5 Å². The number of carbonyl (C=O) groups is 5. The molecule has 3 saturated heterocycles. The number of fused-ring (bicyclic) bond motifs is 1. The number of hydrogen-bond donors (Lipinski definition) is 6. The van der Waals surface area contributed by atoms with Gasteiger partial charge < -0.3 is 31.9 Å². The minimum atomic E-state index is -1.24. The first-order chi connectivity index (χ1) is 29.2. The van der Waals surface area contributed by atoms with E-state index >= 15 is 0 Å². The van der Waals surface area contributed by atoms with Crippen molar-refractivity contribution in [3.8, 4) is 0 Å². The highest BCUT2D eigenvalue weighted by molar-refractivity contribution is 7.85. The lowest BCUT2D eigenvalue weighted by Gasteiger charge is -2.39. The standard InChI is InChI=1S/C45H56N8O6S/c54-41-27-40(50-42(55)30-52-18-16-35(17-19-52)53-20-22-60(59)23-21-53)43(56)47-29-34(24-31-10-4-1-5-11-31)48-44(57)38(25-32-12-6-2-7-13-32)51-45(58)39(49-41)26-33-28-46-37-15-9-3-8-14-36(33)37/h1-15,28,34-35,37-40,46H,16-27,29-30H2,(H,47,56)(H,48,57)(H,49,54)(H,50,55)(H,51,58)/t34-,37?,38-,39?,40?/m1/s1. The van der Waals surface area contributed by atoms with Crippen molar-refractivity contribution in [3.05, 3.63) is 120 Å². The van der Waals surface area contributed by atoms with Crippen LogP contribution >= 0.6 is 0 Å². The van der Waals surface area contributed by atoms with Crippen LogP contribution in [0.25, 0.3) is 0 Å². The summed E-state index contributed by atoms with van der Waals surface area (Å²) in [4.78, 5) is 74.7. The number of piperidine rings is 1. The maximum atomic E-state index is 14.4. The molecular weight excluding hydrogens is 781 g/mol. The normalized spacial score (nSPS) is 26.5. The first-order valence-electron chi connectivity index (χ1n) is 21.0. The van der Waals surface area contributed by atoms with E-state index in [1.165, 1.54) is 0 Å². The van der Waals surface area contributed by atoms with E-state index in [9.17, 15) is 28.2 Å². The van der Waals surface area contributed by atoms with E-state index in [1.54, 1.807) is 0 Å². The lowest BCUT2D eigenvalue weighted by Crippen LogP contribution is -2.59. The Labute approximate surface area is 354 Å². The largest absolute Gasteiger partial charge is 0.380 e. The lowest BCUT2D eigenvalue weighted by molar-refractivity contribution is -0.135. The smallest absolute Gasteiger partial charge is 0.243 e. The fraction of sp³-hybridized carbons (Fsp3) is 0.444. The van der Waals surface area contributed by atoms with E-state index in [4.69, 9.17) is 0 Å². The van der Waals surface area contributed by atoms with Gasteiger partial charge in [0, 0.05) is 80.1 Å². The number of carbonyl (C=O) groups excluding carboxylic acids is 5. The molecule has 4 heterocycles. The van der Waals surface area contributed by atoms with Crippen LogP contribution < -0.4 is 31.9 Å². The monoisotopic (exact) mass is 836 g/mol. The zero-order chi connectivity index (χ0) is 41.8. The van der Waals surface area contributed by atoms with Crippen LogP contribution in [-0.2, 0) is 47.6 Å². The zero-order valence-corrected chi connectivity index (χ0v) is 34.7. The third-order valence-electron chi connectivity index (χ3n) is 11.8. The van der Waals surface area contributed by atoms with Crippen LogP contribution in [0.1, 0.15) is 36.8 Å². The Kier molecular flexibility index (Phi) is 14.8. The molecule has 1 aliphatic carbocycles. The topological polar surface area (TPSA) is 181 Å². The molecule has 2 aromatic rings. The van der Waals surface area contributed by atoms with Crippen LogP contribution in [-0.4, -0.2) is 131 Å². The highest BCUT2D eigenvalue weighted by atomic mass is 32.2. The van der Waals surface area contributed by atoms with Gasteiger partial charge in [0.05, 0.1) is 25.0 Å². The summed E-state index contributed by atoms with van der Waals surface area (Å²) in [6.45, 7) is 3.12. The van der Waals surface area contributed by atoms with Gasteiger partial charge >= 0.3 is 0 Å². The predicted molar refractivity (Wildman–Crippen MR) is 231 cm³/mol. The number of nitrogens with zero attached hydrogens (tertiary/aromatic N) is 2. The predicted octanol–water partition coefficient (Wildman–Crippen LogP) is 0.758. The molecule has 7 rings (SSSR count). The number of allylic oxidation sites excluding steroid dienone is 4. The van der Waals surface area contributed by atoms with Gasteiger partial charge in [-0.05, 0) is 41.5 Å². The molecule has 4 aliphatic heterocycles. The van der Waals surface area contributed by atoms with Crippen LogP contribution in [0.4, 0.5) is 0 Å². The molecule has 5 amide bonds. The maximum Gasteiger partial charge on any atom is 0.243 e. The van der Waals surface area contributed by atoms with Crippen molar-refractivity contribution >= 4 is 40.3 Å². The first-order valence-corrected chi connectivity index (χ1v) is 22.5. The molecular formula is C45H56N8O6S. The van der Waals surface area contributed by atoms with Gasteiger partial charge in [-0.2, -0.15) is 0 Å². The molecule has 2 aromatic carbocycles. The zero-order valence-electron chi connectivity index (χ0n) is 33.9. The second-order valence-electron chi connectivity index (χ2n) is 16.1. The van der Waals surface area contributed by atoms with Gasteiger partial charge in [0.1, 0.15) is 18.1 Å². The summed E-state index contributed by atoms with van der Waals surface area (Å²) in [6.07, 6.45) is 13.6. The highest BCUT2D eigenvalue weighted by Crippen LogP contribution is 2.27. The van der Waals surface area contributed by atoms with Crippen LogP contribution in [0.3, 0.4) is 0 Å². The summed E-state index contributed by atoms with van der Waals surface area (Å²) >= 11 is 0. The quantitative estimate of drug-likeness (QED) is 0.202. The average Bonchev–Trinajstić information content (AvgIpc) is 3.46. The second kappa shape index (κ2) is 20.7. The van der Waals surface area contributed by atoms with Crippen molar-refractivity contribution in [2.24, 2.45) is 0 Å². The minimum absolute atomic E-state index is 0.0139. The minimum Gasteiger partial charge on any atom is -0.380 e. The third-order valence-corrected chi connectivity index (χ3v) is 13.1. The molecule has 14 nitrogen and oxygen atoms in total. The molecule has 15 heteroatoms. The van der Waals surface area contributed by atoms with E-state index in [1.807, 2.05) is 97.2 Å². The molecule has 5 aliphatic rings. The molecule has 3 unspecified atom stereocenters. The summed E-state index contributed by atoms with van der Waals surface area (Å²) in [5, 5.41) is 18.0. The number of nitrogens with one attached hydrogen (secondary N) is 6. The van der Waals surface area contributed by atoms with Crippen molar-refractivity contribution < 1.29 is 28.2 Å². The number of rotatable bonds is 10. The second-order valence-corrected chi connectivity index (χ2v) is 17.8. The SMILES string of the molecule is O=C(CN1CCC(N2CCS(=O)CC2)CC1)NC1CC(=O)NC(CC2=CNC3C=CC=CC=C23)C(=O)N[C@H](Cc2ccccc2)C(=O)N[C@H](Cc2ccccc2)CNC1=O. The molecule has 0 radical (unpaired) electrons. The summed E-state index contributed by atoms with van der Waals surface area (Å²) in [6, 6.07) is 15.3. The molecule has 0 spiro atoms. The van der Waals surface area contributed by atoms with E-state index in [2.05, 4.69) is 41.7 Å². The number of benzene rings is 2. The molecule has 0 bridgehead atoms. The lowest BCUT2D eigenvalue weighted by atomic mass is 9.95. The van der Waals surface area contributed by atoms with Crippen molar-refractivity contribution in [1.82, 2.24) is 41.7 Å². The average molecular weight is 837 g/mol. The Bertz CT molecular complexity index is 2000. The molecule has 3 fully saturated rings. The van der Waals surface area contributed by atoms with Crippen molar-refractivity contribution in [2.45, 2.75) is 74.8 Å². The Morgan fingerprint density at radius 1 is 0.750 bits per heavy atom. The van der Waals surface area contributed by atoms with Crippen molar-refractivity contribution in [1.29, 1.82) is 0 Å². The van der Waals surface area contributed by atoms with Gasteiger partial charge in [-0.25, -0.2) is 0 Å². The fourth-order valence-corrected chi connectivity index (χ4v) is 9.62. The van der Waals surface area contributed by atoms with Crippen LogP contribution in [0.5, 0.6) is 0 Å². The van der Waals surface area contributed by atoms with Crippen LogP contribution in [0.2, 0.25) is 0 Å². The van der Waals surface area contributed by atoms with Crippen molar-refractivity contribution in [2.75, 3.05) is 50.8 Å². The van der Waals surface area contributed by atoms with Gasteiger partial charge in [-0.15, -0.1) is 0 Å². The van der Waals surface area contributed by atoms with Gasteiger partial charge in [0.25, 0.3) is 0 Å². The fourth-order valence-electron chi connectivity index (χ4n) is 8.54. The number of amides is 5. The molecule has 318 valence electrons. The number of hydrogen-bond acceptors (Lipinski definition) is 9. The van der Waals surface area contributed by atoms with Crippen molar-refractivity contribution in [3.63, 3.8) is 0 Å². The van der Waals surface area contributed by atoms with Crippen LogP contribution in [0.15, 0.2) is 108 Å². The molecule has 60 heavy (non-hydrogen) atoms. The Morgan fingerprint density at radius 2 is 1.42 bits per heavy atom. The summed E-state index contributed by atoms with van der Waals surface area (Å²) < 4.78 is 11.9. The molecule has 0 saturated carbocycles. The molecule has 6 N–H and O–H groups in total. The van der Waals surface area contributed by atoms with E-state index in [0.29, 0.717) is 37.1 Å².